The van der Waals surface area contributed by atoms with Gasteiger partial charge in [-0.3, -0.25) is 4.84 Å². The van der Waals surface area contributed by atoms with Crippen molar-refractivity contribution in [3.8, 4) is 0 Å². The molecule has 0 amide bonds. The number of benzene rings is 1. The quantitative estimate of drug-likeness (QED) is 0.771. The molecule has 0 spiro atoms. The van der Waals surface area contributed by atoms with Crippen molar-refractivity contribution < 1.29 is 4.84 Å². The van der Waals surface area contributed by atoms with E-state index in [1.807, 2.05) is 23.3 Å². The summed E-state index contributed by atoms with van der Waals surface area (Å²) in [6.45, 7) is 1.72. The van der Waals surface area contributed by atoms with Gasteiger partial charge in [-0.2, -0.15) is 0 Å². The standard InChI is InChI=1S/C11H13N3OS/c12-8-3-4-9-10(7-8)16-11(13-9)14-5-1-2-6-15-14/h3-4,7H,1-2,5-6,12H2. The SMILES string of the molecule is Nc1ccc2nc(N3CCCCO3)sc2c1. The molecule has 0 radical (unpaired) electrons. The molecule has 1 aromatic heterocycles. The molecule has 84 valence electrons. The van der Waals surface area contributed by atoms with Crippen molar-refractivity contribution in [3.05, 3.63) is 18.2 Å². The molecular formula is C11H13N3OS. The maximum atomic E-state index is 5.75. The number of hydroxylamine groups is 1. The Balaban J connectivity index is 1.97. The number of aromatic nitrogens is 1. The van der Waals surface area contributed by atoms with Crippen molar-refractivity contribution in [1.29, 1.82) is 0 Å². The molecule has 0 saturated carbocycles. The summed E-state index contributed by atoms with van der Waals surface area (Å²) in [7, 11) is 0. The lowest BCUT2D eigenvalue weighted by Gasteiger charge is -2.24. The van der Waals surface area contributed by atoms with E-state index in [4.69, 9.17) is 10.6 Å². The lowest BCUT2D eigenvalue weighted by molar-refractivity contribution is 0.0778. The van der Waals surface area contributed by atoms with Crippen LogP contribution in [-0.2, 0) is 4.84 Å². The van der Waals surface area contributed by atoms with Crippen molar-refractivity contribution in [1.82, 2.24) is 4.98 Å². The molecule has 3 rings (SSSR count). The zero-order valence-electron chi connectivity index (χ0n) is 8.85. The molecule has 0 atom stereocenters. The van der Waals surface area contributed by atoms with E-state index >= 15 is 0 Å². The van der Waals surface area contributed by atoms with Crippen LogP contribution in [0.5, 0.6) is 0 Å². The fourth-order valence-corrected chi connectivity index (χ4v) is 2.78. The number of nitrogens with two attached hydrogens (primary N) is 1. The smallest absolute Gasteiger partial charge is 0.210 e. The number of rotatable bonds is 1. The van der Waals surface area contributed by atoms with E-state index in [0.29, 0.717) is 0 Å². The molecular weight excluding hydrogens is 222 g/mol. The molecule has 1 fully saturated rings. The maximum Gasteiger partial charge on any atom is 0.210 e. The largest absolute Gasteiger partial charge is 0.399 e. The van der Waals surface area contributed by atoms with Gasteiger partial charge in [0.05, 0.1) is 16.8 Å². The molecule has 2 aromatic rings. The Hall–Kier alpha value is -1.33. The van der Waals surface area contributed by atoms with E-state index in [0.717, 1.165) is 47.0 Å². The average Bonchev–Trinajstić information content (AvgIpc) is 2.73. The van der Waals surface area contributed by atoms with Gasteiger partial charge in [0.15, 0.2) is 0 Å². The molecule has 16 heavy (non-hydrogen) atoms. The van der Waals surface area contributed by atoms with Crippen LogP contribution in [0, 0.1) is 0 Å². The van der Waals surface area contributed by atoms with Crippen molar-refractivity contribution in [3.63, 3.8) is 0 Å². The molecule has 0 aliphatic carbocycles. The van der Waals surface area contributed by atoms with Crippen LogP contribution >= 0.6 is 11.3 Å². The van der Waals surface area contributed by atoms with E-state index in [1.165, 1.54) is 0 Å². The first-order valence-corrected chi connectivity index (χ1v) is 6.21. The minimum absolute atomic E-state index is 0.780. The van der Waals surface area contributed by atoms with Gasteiger partial charge in [-0.15, -0.1) is 0 Å². The molecule has 0 bridgehead atoms. The van der Waals surface area contributed by atoms with E-state index in [1.54, 1.807) is 11.3 Å². The topological polar surface area (TPSA) is 51.4 Å². The second kappa shape index (κ2) is 3.92. The molecule has 2 N–H and O–H groups in total. The molecule has 2 heterocycles. The van der Waals surface area contributed by atoms with Gasteiger partial charge in [0.1, 0.15) is 0 Å². The van der Waals surface area contributed by atoms with E-state index < -0.39 is 0 Å². The van der Waals surface area contributed by atoms with Crippen LogP contribution in [0.1, 0.15) is 12.8 Å². The molecule has 1 aromatic carbocycles. The number of hydrogen-bond acceptors (Lipinski definition) is 5. The van der Waals surface area contributed by atoms with Gasteiger partial charge >= 0.3 is 0 Å². The van der Waals surface area contributed by atoms with Crippen LogP contribution in [0.2, 0.25) is 0 Å². The van der Waals surface area contributed by atoms with Crippen LogP contribution in [0.15, 0.2) is 18.2 Å². The highest BCUT2D eigenvalue weighted by Gasteiger charge is 2.15. The van der Waals surface area contributed by atoms with Crippen molar-refractivity contribution in [2.45, 2.75) is 12.8 Å². The van der Waals surface area contributed by atoms with Crippen molar-refractivity contribution >= 4 is 32.4 Å². The number of hydrogen-bond donors (Lipinski definition) is 1. The zero-order chi connectivity index (χ0) is 11.0. The zero-order valence-corrected chi connectivity index (χ0v) is 9.67. The minimum Gasteiger partial charge on any atom is -0.399 e. The number of anilines is 2. The third-order valence-corrected chi connectivity index (χ3v) is 3.64. The van der Waals surface area contributed by atoms with Crippen LogP contribution in [0.3, 0.4) is 0 Å². The second-order valence-electron chi connectivity index (χ2n) is 3.87. The average molecular weight is 235 g/mol. The number of nitrogen functional groups attached to an aromatic ring is 1. The lowest BCUT2D eigenvalue weighted by Crippen LogP contribution is -2.29. The van der Waals surface area contributed by atoms with Gasteiger partial charge in [0.25, 0.3) is 0 Å². The fraction of sp³-hybridized carbons (Fsp3) is 0.364. The Morgan fingerprint density at radius 3 is 3.12 bits per heavy atom. The minimum atomic E-state index is 0.780. The van der Waals surface area contributed by atoms with Gasteiger partial charge in [0.2, 0.25) is 5.13 Å². The summed E-state index contributed by atoms with van der Waals surface area (Å²) >= 11 is 1.63. The lowest BCUT2D eigenvalue weighted by atomic mass is 10.3. The third-order valence-electron chi connectivity index (χ3n) is 2.62. The van der Waals surface area contributed by atoms with Crippen LogP contribution < -0.4 is 10.8 Å². The Kier molecular flexibility index (Phi) is 2.41. The summed E-state index contributed by atoms with van der Waals surface area (Å²) in [6, 6.07) is 5.79. The van der Waals surface area contributed by atoms with Crippen molar-refractivity contribution in [2.24, 2.45) is 0 Å². The van der Waals surface area contributed by atoms with Crippen LogP contribution in [0.4, 0.5) is 10.8 Å². The van der Waals surface area contributed by atoms with Gasteiger partial charge in [0, 0.05) is 12.2 Å². The molecule has 4 nitrogen and oxygen atoms in total. The number of nitrogens with zero attached hydrogens (tertiary/aromatic N) is 2. The summed E-state index contributed by atoms with van der Waals surface area (Å²) in [5.74, 6) is 0. The summed E-state index contributed by atoms with van der Waals surface area (Å²) < 4.78 is 1.11. The summed E-state index contributed by atoms with van der Waals surface area (Å²) in [4.78, 5) is 10.1. The first-order chi connectivity index (χ1) is 7.83. The summed E-state index contributed by atoms with van der Waals surface area (Å²) in [5.41, 5.74) is 7.51. The summed E-state index contributed by atoms with van der Waals surface area (Å²) in [6.07, 6.45) is 2.30. The highest BCUT2D eigenvalue weighted by atomic mass is 32.1. The highest BCUT2D eigenvalue weighted by Crippen LogP contribution is 2.31. The molecule has 1 saturated heterocycles. The first-order valence-electron chi connectivity index (χ1n) is 5.39. The fourth-order valence-electron chi connectivity index (χ4n) is 1.78. The van der Waals surface area contributed by atoms with E-state index in [-0.39, 0.29) is 0 Å². The maximum absolute atomic E-state index is 5.75. The van der Waals surface area contributed by atoms with Crippen LogP contribution in [0.25, 0.3) is 10.2 Å². The first kappa shape index (κ1) is 9.86. The predicted octanol–water partition coefficient (Wildman–Crippen LogP) is 2.41. The second-order valence-corrected chi connectivity index (χ2v) is 4.88. The van der Waals surface area contributed by atoms with E-state index in [2.05, 4.69) is 4.98 Å². The van der Waals surface area contributed by atoms with Gasteiger partial charge in [-0.05, 0) is 31.0 Å². The Morgan fingerprint density at radius 1 is 1.38 bits per heavy atom. The molecule has 0 unspecified atom stereocenters. The van der Waals surface area contributed by atoms with Gasteiger partial charge < -0.3 is 5.73 Å². The number of fused-ring (bicyclic) bond motifs is 1. The van der Waals surface area contributed by atoms with Gasteiger partial charge in [-0.1, -0.05) is 11.3 Å². The Morgan fingerprint density at radius 2 is 2.31 bits per heavy atom. The van der Waals surface area contributed by atoms with Crippen molar-refractivity contribution in [2.75, 3.05) is 23.9 Å². The molecule has 1 aliphatic heterocycles. The van der Waals surface area contributed by atoms with E-state index in [9.17, 15) is 0 Å². The molecule has 5 heteroatoms. The predicted molar refractivity (Wildman–Crippen MR) is 66.6 cm³/mol. The Bertz CT molecular complexity index is 505. The normalized spacial score (nSPS) is 16.9. The third kappa shape index (κ3) is 1.72. The molecule has 1 aliphatic rings. The van der Waals surface area contributed by atoms with Crippen LogP contribution in [-0.4, -0.2) is 18.1 Å². The summed E-state index contributed by atoms with van der Waals surface area (Å²) in [5, 5.41) is 2.82. The monoisotopic (exact) mass is 235 g/mol. The highest BCUT2D eigenvalue weighted by molar-refractivity contribution is 7.22. The van der Waals surface area contributed by atoms with Gasteiger partial charge in [-0.25, -0.2) is 10.0 Å². The Labute approximate surface area is 97.6 Å². The number of thiazole rings is 1.